The van der Waals surface area contributed by atoms with Crippen LogP contribution in [0.1, 0.15) is 29.9 Å². The van der Waals surface area contributed by atoms with Gasteiger partial charge in [-0.25, -0.2) is 0 Å². The number of hydrogen-bond acceptors (Lipinski definition) is 2. The summed E-state index contributed by atoms with van der Waals surface area (Å²) in [5.74, 6) is 1.05. The number of benzene rings is 2. The maximum Gasteiger partial charge on any atom is 0.253 e. The molecule has 146 valence electrons. The molecule has 0 fully saturated rings. The van der Waals surface area contributed by atoms with E-state index in [-0.39, 0.29) is 5.91 Å². The van der Waals surface area contributed by atoms with Crippen molar-refractivity contribution < 1.29 is 9.53 Å². The van der Waals surface area contributed by atoms with Crippen LogP contribution in [0, 0.1) is 12.8 Å². The number of para-hydroxylation sites is 2. The summed E-state index contributed by atoms with van der Waals surface area (Å²) in [5, 5.41) is 3.69. The third-order valence-corrected chi connectivity index (χ3v) is 4.88. The van der Waals surface area contributed by atoms with Crippen LogP contribution in [0.2, 0.25) is 5.02 Å². The fourth-order valence-electron chi connectivity index (χ4n) is 3.19. The molecule has 0 saturated heterocycles. The molecule has 0 bridgehead atoms. The molecule has 0 radical (unpaired) electrons. The largest absolute Gasteiger partial charge is 0.495 e. The van der Waals surface area contributed by atoms with Crippen molar-refractivity contribution in [3.8, 4) is 22.7 Å². The highest BCUT2D eigenvalue weighted by Gasteiger charge is 2.21. The second kappa shape index (κ2) is 8.53. The first-order valence-corrected chi connectivity index (χ1v) is 9.70. The van der Waals surface area contributed by atoms with Crippen molar-refractivity contribution in [2.24, 2.45) is 5.92 Å². The topological polar surface area (TPSA) is 43.3 Å². The van der Waals surface area contributed by atoms with E-state index >= 15 is 0 Å². The Labute approximate surface area is 171 Å². The van der Waals surface area contributed by atoms with Crippen molar-refractivity contribution in [2.45, 2.75) is 20.8 Å². The number of aromatic nitrogens is 1. The average molecular weight is 397 g/mol. The monoisotopic (exact) mass is 396 g/mol. The molecule has 0 aliphatic rings. The number of carbonyl (C=O) groups excluding carboxylic acids is 1. The van der Waals surface area contributed by atoms with E-state index in [2.05, 4.69) is 23.7 Å². The SMILES string of the molecule is COc1ccccc1-n1c(-c2ccc(Cl)cc2)cc(C(=O)NCC(C)C)c1C. The van der Waals surface area contributed by atoms with Gasteiger partial charge in [0.15, 0.2) is 0 Å². The minimum atomic E-state index is -0.0740. The summed E-state index contributed by atoms with van der Waals surface area (Å²) in [6, 6.07) is 17.3. The lowest BCUT2D eigenvalue weighted by Gasteiger charge is -2.16. The van der Waals surface area contributed by atoms with Gasteiger partial charge in [-0.05, 0) is 48.7 Å². The Morgan fingerprint density at radius 1 is 1.14 bits per heavy atom. The van der Waals surface area contributed by atoms with Gasteiger partial charge in [0, 0.05) is 17.3 Å². The highest BCUT2D eigenvalue weighted by atomic mass is 35.5. The normalized spacial score (nSPS) is 10.9. The Morgan fingerprint density at radius 2 is 1.82 bits per heavy atom. The molecule has 0 unspecified atom stereocenters. The average Bonchev–Trinajstić information content (AvgIpc) is 3.03. The number of ether oxygens (including phenoxy) is 1. The summed E-state index contributed by atoms with van der Waals surface area (Å²) >= 11 is 6.07. The third-order valence-electron chi connectivity index (χ3n) is 4.63. The van der Waals surface area contributed by atoms with Gasteiger partial charge in [0.1, 0.15) is 5.75 Å². The lowest BCUT2D eigenvalue weighted by atomic mass is 10.1. The Balaban J connectivity index is 2.18. The molecule has 3 aromatic rings. The first kappa shape index (κ1) is 20.0. The van der Waals surface area contributed by atoms with E-state index in [4.69, 9.17) is 16.3 Å². The van der Waals surface area contributed by atoms with Gasteiger partial charge in [-0.3, -0.25) is 4.79 Å². The molecule has 0 spiro atoms. The molecule has 1 N–H and O–H groups in total. The van der Waals surface area contributed by atoms with Crippen LogP contribution in [0.4, 0.5) is 0 Å². The van der Waals surface area contributed by atoms with Crippen molar-refractivity contribution in [3.05, 3.63) is 70.9 Å². The van der Waals surface area contributed by atoms with Gasteiger partial charge in [-0.1, -0.05) is 49.7 Å². The molecule has 1 aromatic heterocycles. The molecule has 5 heteroatoms. The Kier molecular flexibility index (Phi) is 6.10. The number of methoxy groups -OCH3 is 1. The van der Waals surface area contributed by atoms with Crippen molar-refractivity contribution in [2.75, 3.05) is 13.7 Å². The number of carbonyl (C=O) groups is 1. The molecule has 0 saturated carbocycles. The number of hydrogen-bond donors (Lipinski definition) is 1. The van der Waals surface area contributed by atoms with E-state index in [0.717, 1.165) is 28.4 Å². The lowest BCUT2D eigenvalue weighted by Crippen LogP contribution is -2.27. The van der Waals surface area contributed by atoms with Crippen LogP contribution in [-0.4, -0.2) is 24.1 Å². The molecule has 28 heavy (non-hydrogen) atoms. The van der Waals surface area contributed by atoms with E-state index in [1.54, 1.807) is 7.11 Å². The molecule has 0 aliphatic carbocycles. The number of rotatable bonds is 6. The lowest BCUT2D eigenvalue weighted by molar-refractivity contribution is 0.0948. The molecule has 2 aromatic carbocycles. The van der Waals surface area contributed by atoms with Crippen LogP contribution in [0.15, 0.2) is 54.6 Å². The summed E-state index contributed by atoms with van der Waals surface area (Å²) in [7, 11) is 1.65. The number of amides is 1. The molecule has 0 atom stereocenters. The summed E-state index contributed by atoms with van der Waals surface area (Å²) in [6.45, 7) is 6.74. The molecule has 4 nitrogen and oxygen atoms in total. The molecule has 3 rings (SSSR count). The van der Waals surface area contributed by atoms with Gasteiger partial charge in [-0.2, -0.15) is 0 Å². The van der Waals surface area contributed by atoms with Gasteiger partial charge < -0.3 is 14.6 Å². The second-order valence-corrected chi connectivity index (χ2v) is 7.58. The summed E-state index contributed by atoms with van der Waals surface area (Å²) in [6.07, 6.45) is 0. The van der Waals surface area contributed by atoms with Crippen molar-refractivity contribution in [1.82, 2.24) is 9.88 Å². The van der Waals surface area contributed by atoms with Gasteiger partial charge in [0.25, 0.3) is 5.91 Å². The first-order chi connectivity index (χ1) is 13.4. The minimum absolute atomic E-state index is 0.0740. The maximum absolute atomic E-state index is 12.8. The molecule has 1 heterocycles. The molecular weight excluding hydrogens is 372 g/mol. The van der Waals surface area contributed by atoms with Crippen LogP contribution in [0.3, 0.4) is 0 Å². The van der Waals surface area contributed by atoms with Crippen LogP contribution in [0.5, 0.6) is 5.75 Å². The smallest absolute Gasteiger partial charge is 0.253 e. The quantitative estimate of drug-likeness (QED) is 0.597. The Hall–Kier alpha value is -2.72. The van der Waals surface area contributed by atoms with E-state index in [0.29, 0.717) is 23.0 Å². The van der Waals surface area contributed by atoms with Crippen LogP contribution in [0.25, 0.3) is 16.9 Å². The maximum atomic E-state index is 12.8. The van der Waals surface area contributed by atoms with Gasteiger partial charge in [0.2, 0.25) is 0 Å². The van der Waals surface area contributed by atoms with E-state index in [1.807, 2.05) is 61.5 Å². The molecule has 1 amide bonds. The number of nitrogens with zero attached hydrogens (tertiary/aromatic N) is 1. The molecule has 0 aliphatic heterocycles. The van der Waals surface area contributed by atoms with Crippen LogP contribution in [-0.2, 0) is 0 Å². The zero-order valence-electron chi connectivity index (χ0n) is 16.6. The summed E-state index contributed by atoms with van der Waals surface area (Å²) in [4.78, 5) is 12.8. The zero-order valence-corrected chi connectivity index (χ0v) is 17.4. The van der Waals surface area contributed by atoms with Gasteiger partial charge >= 0.3 is 0 Å². The summed E-state index contributed by atoms with van der Waals surface area (Å²) < 4.78 is 7.63. The fraction of sp³-hybridized carbons (Fsp3) is 0.261. The van der Waals surface area contributed by atoms with Gasteiger partial charge in [0.05, 0.1) is 24.1 Å². The fourth-order valence-corrected chi connectivity index (χ4v) is 3.31. The van der Waals surface area contributed by atoms with E-state index < -0.39 is 0 Å². The predicted octanol–water partition coefficient (Wildman–Crippen LogP) is 5.50. The molecular formula is C23H25ClN2O2. The first-order valence-electron chi connectivity index (χ1n) is 9.32. The Bertz CT molecular complexity index is 975. The minimum Gasteiger partial charge on any atom is -0.495 e. The highest BCUT2D eigenvalue weighted by Crippen LogP contribution is 2.34. The highest BCUT2D eigenvalue weighted by molar-refractivity contribution is 6.30. The van der Waals surface area contributed by atoms with E-state index in [1.165, 1.54) is 0 Å². The van der Waals surface area contributed by atoms with Crippen molar-refractivity contribution in [3.63, 3.8) is 0 Å². The third kappa shape index (κ3) is 4.07. The second-order valence-electron chi connectivity index (χ2n) is 7.15. The van der Waals surface area contributed by atoms with Crippen LogP contribution >= 0.6 is 11.6 Å². The van der Waals surface area contributed by atoms with E-state index in [9.17, 15) is 4.79 Å². The standard InChI is InChI=1S/C23H25ClN2O2/c1-15(2)14-25-23(27)19-13-21(17-9-11-18(24)12-10-17)26(16(19)3)20-7-5-6-8-22(20)28-4/h5-13,15H,14H2,1-4H3,(H,25,27). The van der Waals surface area contributed by atoms with Crippen LogP contribution < -0.4 is 10.1 Å². The number of nitrogens with one attached hydrogen (secondary N) is 1. The van der Waals surface area contributed by atoms with Crippen molar-refractivity contribution in [1.29, 1.82) is 0 Å². The Morgan fingerprint density at radius 3 is 2.46 bits per heavy atom. The predicted molar refractivity (Wildman–Crippen MR) is 115 cm³/mol. The zero-order chi connectivity index (χ0) is 20.3. The number of halogens is 1. The summed E-state index contributed by atoms with van der Waals surface area (Å²) in [5.41, 5.74) is 4.28. The van der Waals surface area contributed by atoms with Crippen molar-refractivity contribution >= 4 is 17.5 Å². The van der Waals surface area contributed by atoms with Gasteiger partial charge in [-0.15, -0.1) is 0 Å².